The quantitative estimate of drug-likeness (QED) is 0.543. The molecule has 1 aromatic rings. The average Bonchev–Trinajstić information content (AvgIpc) is 2.52. The van der Waals surface area contributed by atoms with Crippen LogP contribution >= 0.6 is 15.9 Å². The van der Waals surface area contributed by atoms with E-state index < -0.39 is 5.97 Å². The lowest BCUT2D eigenvalue weighted by atomic mass is 9.48. The van der Waals surface area contributed by atoms with Gasteiger partial charge in [-0.3, -0.25) is 4.79 Å². The van der Waals surface area contributed by atoms with Crippen LogP contribution in [0.5, 0.6) is 0 Å². The fourth-order valence-electron chi connectivity index (χ4n) is 6.06. The second kappa shape index (κ2) is 6.66. The molecule has 4 aliphatic carbocycles. The van der Waals surface area contributed by atoms with Crippen LogP contribution in [0.25, 0.3) is 0 Å². The maximum atomic E-state index is 12.9. The number of nitrogens with one attached hydrogen (secondary N) is 1. The van der Waals surface area contributed by atoms with Gasteiger partial charge in [0.25, 0.3) is 0 Å². The van der Waals surface area contributed by atoms with E-state index in [-0.39, 0.29) is 15.6 Å². The number of para-hydroxylation sites is 1. The highest BCUT2D eigenvalue weighted by Crippen LogP contribution is 2.65. The van der Waals surface area contributed by atoms with E-state index in [9.17, 15) is 9.59 Å². The summed E-state index contributed by atoms with van der Waals surface area (Å²) >= 11 is 4.00. The predicted molar refractivity (Wildman–Crippen MR) is 104 cm³/mol. The Morgan fingerprint density at radius 1 is 1.19 bits per heavy atom. The highest BCUT2D eigenvalue weighted by atomic mass is 79.9. The predicted octanol–water partition coefficient (Wildman–Crippen LogP) is 4.93. The molecular weight excluding hydrogens is 394 g/mol. The zero-order valence-corrected chi connectivity index (χ0v) is 16.8. The van der Waals surface area contributed by atoms with Gasteiger partial charge >= 0.3 is 5.97 Å². The van der Waals surface area contributed by atoms with E-state index in [0.717, 1.165) is 18.3 Å². The Morgan fingerprint density at radius 2 is 1.88 bits per heavy atom. The van der Waals surface area contributed by atoms with Crippen LogP contribution in [0.3, 0.4) is 0 Å². The van der Waals surface area contributed by atoms with Crippen molar-refractivity contribution in [2.45, 2.75) is 56.2 Å². The van der Waals surface area contributed by atoms with Crippen molar-refractivity contribution in [1.29, 1.82) is 0 Å². The first-order valence-corrected chi connectivity index (χ1v) is 10.4. The second-order valence-electron chi connectivity index (χ2n) is 8.60. The number of amides is 1. The smallest absolute Gasteiger partial charge is 0.340 e. The van der Waals surface area contributed by atoms with E-state index in [2.05, 4.69) is 21.2 Å². The van der Waals surface area contributed by atoms with Gasteiger partial charge in [-0.05, 0) is 74.8 Å². The van der Waals surface area contributed by atoms with Gasteiger partial charge in [0.2, 0.25) is 5.91 Å². The fraction of sp³-hybridized carbons (Fsp3) is 0.619. The van der Waals surface area contributed by atoms with Crippen LogP contribution < -0.4 is 5.32 Å². The molecule has 0 saturated heterocycles. The summed E-state index contributed by atoms with van der Waals surface area (Å²) in [5.74, 6) is 1.14. The Morgan fingerprint density at radius 3 is 2.54 bits per heavy atom. The van der Waals surface area contributed by atoms with E-state index >= 15 is 0 Å². The SMILES string of the molecule is CCOC(=O)c1ccccc1NC(=O)CC12C[C@@H]3C[C@@H](CC(Br)(C3)C1)C2. The van der Waals surface area contributed by atoms with Crippen molar-refractivity contribution in [2.75, 3.05) is 11.9 Å². The number of ether oxygens (including phenoxy) is 1. The normalized spacial score (nSPS) is 34.5. The minimum Gasteiger partial charge on any atom is -0.462 e. The molecule has 4 aliphatic rings. The molecule has 0 spiro atoms. The zero-order valence-electron chi connectivity index (χ0n) is 15.2. The lowest BCUT2D eigenvalue weighted by Gasteiger charge is -2.60. The van der Waals surface area contributed by atoms with Crippen LogP contribution in [0.2, 0.25) is 0 Å². The molecule has 5 heteroatoms. The lowest BCUT2D eigenvalue weighted by molar-refractivity contribution is -0.123. The Bertz CT molecular complexity index is 718. The molecule has 0 radical (unpaired) electrons. The largest absolute Gasteiger partial charge is 0.462 e. The minimum atomic E-state index is -0.391. The number of rotatable bonds is 5. The maximum absolute atomic E-state index is 12.9. The minimum absolute atomic E-state index is 0.0137. The van der Waals surface area contributed by atoms with Crippen LogP contribution in [-0.2, 0) is 9.53 Å². The van der Waals surface area contributed by atoms with Crippen molar-refractivity contribution < 1.29 is 14.3 Å². The third kappa shape index (κ3) is 3.42. The lowest BCUT2D eigenvalue weighted by Crippen LogP contribution is -2.53. The molecule has 0 aliphatic heterocycles. The molecule has 4 saturated carbocycles. The summed E-state index contributed by atoms with van der Waals surface area (Å²) in [4.78, 5) is 25.0. The summed E-state index contributed by atoms with van der Waals surface area (Å²) in [6.45, 7) is 2.10. The highest BCUT2D eigenvalue weighted by Gasteiger charge is 2.57. The van der Waals surface area contributed by atoms with E-state index in [1.807, 2.05) is 6.07 Å². The van der Waals surface area contributed by atoms with Gasteiger partial charge in [0.1, 0.15) is 0 Å². The number of esters is 1. The monoisotopic (exact) mass is 419 g/mol. The second-order valence-corrected chi connectivity index (χ2v) is 10.3. The maximum Gasteiger partial charge on any atom is 0.340 e. The molecule has 4 atom stereocenters. The van der Waals surface area contributed by atoms with Gasteiger partial charge in [-0.25, -0.2) is 4.79 Å². The Kier molecular flexibility index (Phi) is 4.62. The van der Waals surface area contributed by atoms with Gasteiger partial charge in [-0.1, -0.05) is 28.1 Å². The van der Waals surface area contributed by atoms with Crippen molar-refractivity contribution in [2.24, 2.45) is 17.3 Å². The van der Waals surface area contributed by atoms with Crippen molar-refractivity contribution in [3.63, 3.8) is 0 Å². The Balaban J connectivity index is 1.48. The standard InChI is InChI=1S/C21H26BrNO3/c1-2-26-19(25)16-5-3-4-6-17(16)23-18(24)12-20-8-14-7-15(9-20)11-21(22,10-14)13-20/h3-6,14-15H,2,7-13H2,1H3,(H,23,24)/t14-,15+,20?,21?. The number of anilines is 1. The van der Waals surface area contributed by atoms with Gasteiger partial charge in [-0.2, -0.15) is 0 Å². The highest BCUT2D eigenvalue weighted by molar-refractivity contribution is 9.10. The fourth-order valence-corrected chi connectivity index (χ4v) is 7.57. The van der Waals surface area contributed by atoms with Gasteiger partial charge in [-0.15, -0.1) is 0 Å². The summed E-state index contributed by atoms with van der Waals surface area (Å²) in [6, 6.07) is 7.09. The first-order chi connectivity index (χ1) is 12.4. The van der Waals surface area contributed by atoms with Crippen LogP contribution in [0, 0.1) is 17.3 Å². The summed E-state index contributed by atoms with van der Waals surface area (Å²) < 4.78 is 5.35. The topological polar surface area (TPSA) is 55.4 Å². The van der Waals surface area contributed by atoms with E-state index in [4.69, 9.17) is 4.74 Å². The summed E-state index contributed by atoms with van der Waals surface area (Å²) in [6.07, 6.45) is 7.84. The van der Waals surface area contributed by atoms with Crippen molar-refractivity contribution >= 4 is 33.5 Å². The third-order valence-corrected chi connectivity index (χ3v) is 7.27. The number of hydrogen-bond donors (Lipinski definition) is 1. The number of benzene rings is 1. The van der Waals surface area contributed by atoms with Gasteiger partial charge in [0.05, 0.1) is 17.9 Å². The van der Waals surface area contributed by atoms with Crippen LogP contribution in [0.15, 0.2) is 24.3 Å². The van der Waals surface area contributed by atoms with Crippen molar-refractivity contribution in [3.8, 4) is 0 Å². The number of hydrogen-bond acceptors (Lipinski definition) is 3. The zero-order chi connectivity index (χ0) is 18.4. The third-order valence-electron chi connectivity index (χ3n) is 6.34. The number of carbonyl (C=O) groups excluding carboxylic acids is 2. The molecule has 140 valence electrons. The first kappa shape index (κ1) is 18.0. The van der Waals surface area contributed by atoms with E-state index in [1.165, 1.54) is 32.1 Å². The molecule has 4 bridgehead atoms. The molecule has 4 nitrogen and oxygen atoms in total. The molecule has 0 aromatic heterocycles. The van der Waals surface area contributed by atoms with Crippen molar-refractivity contribution in [1.82, 2.24) is 0 Å². The molecular formula is C21H26BrNO3. The number of halogens is 1. The van der Waals surface area contributed by atoms with E-state index in [1.54, 1.807) is 25.1 Å². The Labute approximate surface area is 163 Å². The van der Waals surface area contributed by atoms with Gasteiger partial charge in [0, 0.05) is 10.7 Å². The molecule has 1 N–H and O–H groups in total. The molecule has 2 unspecified atom stereocenters. The summed E-state index contributed by atoms with van der Waals surface area (Å²) in [5, 5.41) is 2.98. The van der Waals surface area contributed by atoms with E-state index in [0.29, 0.717) is 24.3 Å². The number of alkyl halides is 1. The van der Waals surface area contributed by atoms with Crippen LogP contribution in [0.4, 0.5) is 5.69 Å². The summed E-state index contributed by atoms with van der Waals surface area (Å²) in [7, 11) is 0. The molecule has 26 heavy (non-hydrogen) atoms. The Hall–Kier alpha value is -1.36. The van der Waals surface area contributed by atoms with Gasteiger partial charge in [0.15, 0.2) is 0 Å². The molecule has 0 heterocycles. The number of carbonyl (C=O) groups is 2. The van der Waals surface area contributed by atoms with Crippen LogP contribution in [-0.4, -0.2) is 22.8 Å². The van der Waals surface area contributed by atoms with Gasteiger partial charge < -0.3 is 10.1 Å². The first-order valence-electron chi connectivity index (χ1n) is 9.65. The molecule has 4 fully saturated rings. The van der Waals surface area contributed by atoms with Crippen molar-refractivity contribution in [3.05, 3.63) is 29.8 Å². The average molecular weight is 420 g/mol. The summed E-state index contributed by atoms with van der Waals surface area (Å²) in [5.41, 5.74) is 1.09. The van der Waals surface area contributed by atoms with Crippen LogP contribution in [0.1, 0.15) is 62.2 Å². The molecule has 1 amide bonds. The molecule has 5 rings (SSSR count). The molecule has 1 aromatic carbocycles.